The molecule has 1 amide bonds. The molecule has 3 aromatic rings. The van der Waals surface area contributed by atoms with Crippen molar-refractivity contribution >= 4 is 44.7 Å². The first kappa shape index (κ1) is 28.5. The average molecular weight is 575 g/mol. The lowest BCUT2D eigenvalue weighted by Gasteiger charge is -2.25. The molecule has 1 fully saturated rings. The number of rotatable bonds is 10. The second-order valence-electron chi connectivity index (χ2n) is 10.2. The molecular formula is C31H34N4O5S. The van der Waals surface area contributed by atoms with Crippen LogP contribution in [0.1, 0.15) is 47.2 Å². The van der Waals surface area contributed by atoms with Crippen LogP contribution in [0.2, 0.25) is 0 Å². The van der Waals surface area contributed by atoms with Crippen LogP contribution in [0, 0.1) is 0 Å². The largest absolute Gasteiger partial charge is 0.462 e. The highest BCUT2D eigenvalue weighted by Crippen LogP contribution is 2.37. The fourth-order valence-electron chi connectivity index (χ4n) is 5.34. The summed E-state index contributed by atoms with van der Waals surface area (Å²) in [6.45, 7) is 5.05. The third-order valence-electron chi connectivity index (χ3n) is 7.34. The lowest BCUT2D eigenvalue weighted by molar-refractivity contribution is -0.115. The van der Waals surface area contributed by atoms with E-state index in [9.17, 15) is 18.0 Å². The Bertz CT molecular complexity index is 1550. The maximum atomic E-state index is 13.3. The molecule has 2 aliphatic heterocycles. The van der Waals surface area contributed by atoms with Gasteiger partial charge in [0.25, 0.3) is 0 Å². The number of esters is 1. The molecule has 2 heterocycles. The standard InChI is InChI=1S/C31H34N4O5S/c1-3-40-31(37)23-11-16-26-27(21-23)33-30(36)28(26)29(22-9-5-4-6-10-22)32-24-12-14-25(15-13-24)35(41(2,38)39)20-19-34-17-7-8-18-34/h4-6,9-16,21,28H,3,7-8,17-20H2,1-2H3,(H,33,36). The zero-order valence-electron chi connectivity index (χ0n) is 23.2. The molecule has 41 heavy (non-hydrogen) atoms. The highest BCUT2D eigenvalue weighted by atomic mass is 32.2. The molecular weight excluding hydrogens is 540 g/mol. The summed E-state index contributed by atoms with van der Waals surface area (Å²) in [7, 11) is -3.47. The van der Waals surface area contributed by atoms with Crippen LogP contribution in [0.3, 0.4) is 0 Å². The molecule has 0 aliphatic carbocycles. The summed E-state index contributed by atoms with van der Waals surface area (Å²) in [5.74, 6) is -1.39. The van der Waals surface area contributed by atoms with E-state index in [-0.39, 0.29) is 12.5 Å². The maximum Gasteiger partial charge on any atom is 0.338 e. The second-order valence-corrected chi connectivity index (χ2v) is 12.1. The Morgan fingerprint density at radius 3 is 2.39 bits per heavy atom. The second kappa shape index (κ2) is 12.2. The van der Waals surface area contributed by atoms with E-state index in [0.29, 0.717) is 47.0 Å². The van der Waals surface area contributed by atoms with Crippen LogP contribution in [0.25, 0.3) is 0 Å². The van der Waals surface area contributed by atoms with E-state index < -0.39 is 21.9 Å². The first-order chi connectivity index (χ1) is 19.7. The number of fused-ring (bicyclic) bond motifs is 1. The molecule has 3 aromatic carbocycles. The molecule has 214 valence electrons. The van der Waals surface area contributed by atoms with Crippen LogP contribution in [0.15, 0.2) is 77.8 Å². The number of ether oxygens (including phenoxy) is 1. The lowest BCUT2D eigenvalue weighted by atomic mass is 9.90. The molecule has 0 radical (unpaired) electrons. The summed E-state index contributed by atoms with van der Waals surface area (Å²) >= 11 is 0. The van der Waals surface area contributed by atoms with E-state index in [2.05, 4.69) is 10.2 Å². The predicted molar refractivity (Wildman–Crippen MR) is 161 cm³/mol. The lowest BCUT2D eigenvalue weighted by Crippen LogP contribution is -2.37. The number of sulfonamides is 1. The minimum Gasteiger partial charge on any atom is -0.462 e. The van der Waals surface area contributed by atoms with Gasteiger partial charge in [-0.3, -0.25) is 14.1 Å². The summed E-state index contributed by atoms with van der Waals surface area (Å²) in [6, 6.07) is 21.5. The maximum absolute atomic E-state index is 13.3. The Kier molecular flexibility index (Phi) is 8.51. The van der Waals surface area contributed by atoms with Crippen LogP contribution in [-0.2, 0) is 19.6 Å². The summed E-state index contributed by atoms with van der Waals surface area (Å²) in [6.07, 6.45) is 3.51. The van der Waals surface area contributed by atoms with Crippen molar-refractivity contribution in [2.45, 2.75) is 25.7 Å². The summed E-state index contributed by atoms with van der Waals surface area (Å²) in [5, 5.41) is 2.89. The summed E-state index contributed by atoms with van der Waals surface area (Å²) in [4.78, 5) is 32.7. The van der Waals surface area contributed by atoms with Gasteiger partial charge in [0, 0.05) is 18.8 Å². The molecule has 2 aliphatic rings. The number of hydrogen-bond acceptors (Lipinski definition) is 7. The van der Waals surface area contributed by atoms with Crippen molar-refractivity contribution in [3.63, 3.8) is 0 Å². The molecule has 1 atom stereocenters. The third kappa shape index (κ3) is 6.49. The quantitative estimate of drug-likeness (QED) is 0.281. The van der Waals surface area contributed by atoms with Gasteiger partial charge in [0.2, 0.25) is 15.9 Å². The Labute approximate surface area is 240 Å². The minimum absolute atomic E-state index is 0.245. The van der Waals surface area contributed by atoms with Gasteiger partial charge in [0.1, 0.15) is 5.92 Å². The Morgan fingerprint density at radius 1 is 1.02 bits per heavy atom. The molecule has 9 nitrogen and oxygen atoms in total. The number of nitrogens with one attached hydrogen (secondary N) is 1. The number of amides is 1. The number of anilines is 2. The first-order valence-electron chi connectivity index (χ1n) is 13.8. The molecule has 0 saturated carbocycles. The SMILES string of the molecule is CCOC(=O)c1ccc2c(c1)NC(=O)C2C(=Nc1ccc(N(CCN2CCCC2)S(C)(=O)=O)cc1)c1ccccc1. The highest BCUT2D eigenvalue weighted by molar-refractivity contribution is 7.92. The van der Waals surface area contributed by atoms with Gasteiger partial charge in [-0.05, 0) is 80.4 Å². The van der Waals surface area contributed by atoms with Crippen LogP contribution >= 0.6 is 0 Å². The van der Waals surface area contributed by atoms with Gasteiger partial charge < -0.3 is 15.0 Å². The number of nitrogens with zero attached hydrogens (tertiary/aromatic N) is 3. The Morgan fingerprint density at radius 2 is 1.73 bits per heavy atom. The average Bonchev–Trinajstić information content (AvgIpc) is 3.59. The Hall–Kier alpha value is -4.02. The fraction of sp³-hybridized carbons (Fsp3) is 0.323. The number of carbonyl (C=O) groups is 2. The van der Waals surface area contributed by atoms with Crippen molar-refractivity contribution in [2.75, 3.05) is 48.7 Å². The van der Waals surface area contributed by atoms with Crippen molar-refractivity contribution in [1.82, 2.24) is 4.90 Å². The zero-order chi connectivity index (χ0) is 29.0. The number of benzene rings is 3. The van der Waals surface area contributed by atoms with Crippen LogP contribution in [0.4, 0.5) is 17.1 Å². The summed E-state index contributed by atoms with van der Waals surface area (Å²) < 4.78 is 31.8. The van der Waals surface area contributed by atoms with Gasteiger partial charge in [-0.2, -0.15) is 0 Å². The highest BCUT2D eigenvalue weighted by Gasteiger charge is 2.36. The van der Waals surface area contributed by atoms with Gasteiger partial charge in [-0.25, -0.2) is 13.2 Å². The van der Waals surface area contributed by atoms with Crippen molar-refractivity contribution < 1.29 is 22.7 Å². The smallest absolute Gasteiger partial charge is 0.338 e. The Balaban J connectivity index is 1.47. The normalized spacial score (nSPS) is 17.3. The van der Waals surface area contributed by atoms with Crippen molar-refractivity contribution in [3.8, 4) is 0 Å². The van der Waals surface area contributed by atoms with Crippen LogP contribution < -0.4 is 9.62 Å². The van der Waals surface area contributed by atoms with Gasteiger partial charge in [-0.15, -0.1) is 0 Å². The van der Waals surface area contributed by atoms with Crippen molar-refractivity contribution in [1.29, 1.82) is 0 Å². The third-order valence-corrected chi connectivity index (χ3v) is 8.54. The number of likely N-dealkylation sites (tertiary alicyclic amines) is 1. The first-order valence-corrected chi connectivity index (χ1v) is 15.7. The van der Waals surface area contributed by atoms with E-state index in [0.717, 1.165) is 31.5 Å². The number of aliphatic imine (C=N–C) groups is 1. The fourth-order valence-corrected chi connectivity index (χ4v) is 6.26. The summed E-state index contributed by atoms with van der Waals surface area (Å²) in [5.41, 5.74) is 4.11. The number of hydrogen-bond donors (Lipinski definition) is 1. The number of carbonyl (C=O) groups excluding carboxylic acids is 2. The van der Waals surface area contributed by atoms with E-state index in [1.54, 1.807) is 49.4 Å². The molecule has 0 bridgehead atoms. The van der Waals surface area contributed by atoms with Gasteiger partial charge in [0.05, 0.1) is 35.5 Å². The molecule has 10 heteroatoms. The molecule has 1 saturated heterocycles. The van der Waals surface area contributed by atoms with Gasteiger partial charge >= 0.3 is 5.97 Å². The molecule has 1 N–H and O–H groups in total. The zero-order valence-corrected chi connectivity index (χ0v) is 24.1. The van der Waals surface area contributed by atoms with Crippen molar-refractivity contribution in [3.05, 3.63) is 89.5 Å². The van der Waals surface area contributed by atoms with Crippen LogP contribution in [0.5, 0.6) is 0 Å². The topological polar surface area (TPSA) is 108 Å². The van der Waals surface area contributed by atoms with Crippen molar-refractivity contribution in [2.24, 2.45) is 4.99 Å². The monoisotopic (exact) mass is 574 g/mol. The molecule has 1 unspecified atom stereocenters. The minimum atomic E-state index is -3.47. The predicted octanol–water partition coefficient (Wildman–Crippen LogP) is 4.58. The van der Waals surface area contributed by atoms with E-state index >= 15 is 0 Å². The van der Waals surface area contributed by atoms with Gasteiger partial charge in [0.15, 0.2) is 0 Å². The molecule has 0 spiro atoms. The molecule has 0 aromatic heterocycles. The van der Waals surface area contributed by atoms with E-state index in [1.807, 2.05) is 30.3 Å². The van der Waals surface area contributed by atoms with E-state index in [4.69, 9.17) is 9.73 Å². The molecule has 5 rings (SSSR count). The van der Waals surface area contributed by atoms with E-state index in [1.165, 1.54) is 10.6 Å². The van der Waals surface area contributed by atoms with Gasteiger partial charge in [-0.1, -0.05) is 36.4 Å². The van der Waals surface area contributed by atoms with Crippen LogP contribution in [-0.4, -0.2) is 69.9 Å².